The Morgan fingerprint density at radius 3 is 2.74 bits per heavy atom. The van der Waals surface area contributed by atoms with Crippen LogP contribution in [0.1, 0.15) is 40.9 Å². The molecule has 1 saturated carbocycles. The van der Waals surface area contributed by atoms with Gasteiger partial charge in [0.05, 0.1) is 28.2 Å². The van der Waals surface area contributed by atoms with E-state index in [2.05, 4.69) is 15.3 Å². The van der Waals surface area contributed by atoms with E-state index in [0.29, 0.717) is 45.0 Å². The highest BCUT2D eigenvalue weighted by molar-refractivity contribution is 7.88. The topological polar surface area (TPSA) is 128 Å². The zero-order valence-electron chi connectivity index (χ0n) is 19.0. The van der Waals surface area contributed by atoms with Crippen LogP contribution < -0.4 is 15.8 Å². The van der Waals surface area contributed by atoms with Crippen LogP contribution in [0, 0.1) is 12.7 Å². The van der Waals surface area contributed by atoms with Crippen molar-refractivity contribution >= 4 is 49.0 Å². The zero-order valence-corrected chi connectivity index (χ0v) is 20.7. The van der Waals surface area contributed by atoms with Gasteiger partial charge in [0.2, 0.25) is 10.0 Å². The Kier molecular flexibility index (Phi) is 6.74. The summed E-state index contributed by atoms with van der Waals surface area (Å²) in [6.45, 7) is 1.77. The van der Waals surface area contributed by atoms with Crippen molar-refractivity contribution in [1.29, 1.82) is 0 Å². The minimum Gasteiger partial charge on any atom is -0.486 e. The van der Waals surface area contributed by atoms with Crippen LogP contribution in [-0.4, -0.2) is 54.0 Å². The van der Waals surface area contributed by atoms with E-state index in [-0.39, 0.29) is 11.8 Å². The standard InChI is InChI=1S/C22H26FN5O4S2/c1-12-18-21(25-11-26-22(18)33-19(12)20(24)29)27-14-9-8-13(23)10-17(14)32-16-7-5-4-6-15(16)28(2)34(3,30)31/h8-11,15-16H,4-7H2,1-3H3,(H2,24,29)(H,25,26,27)/t15-,16?/m1/s1. The number of thiophene rings is 1. The lowest BCUT2D eigenvalue weighted by Gasteiger charge is -2.37. The number of hydrogen-bond acceptors (Lipinski definition) is 8. The first-order valence-electron chi connectivity index (χ1n) is 10.8. The highest BCUT2D eigenvalue weighted by atomic mass is 32.2. The van der Waals surface area contributed by atoms with Crippen LogP contribution in [0.4, 0.5) is 15.9 Å². The van der Waals surface area contributed by atoms with Gasteiger partial charge in [0.15, 0.2) is 0 Å². The van der Waals surface area contributed by atoms with Gasteiger partial charge in [-0.1, -0.05) is 6.42 Å². The third kappa shape index (κ3) is 4.84. The lowest BCUT2D eigenvalue weighted by atomic mass is 9.92. The summed E-state index contributed by atoms with van der Waals surface area (Å²) in [5.74, 6) is -0.361. The summed E-state index contributed by atoms with van der Waals surface area (Å²) in [6, 6.07) is 3.74. The van der Waals surface area contributed by atoms with Gasteiger partial charge < -0.3 is 15.8 Å². The molecule has 34 heavy (non-hydrogen) atoms. The monoisotopic (exact) mass is 507 g/mol. The van der Waals surface area contributed by atoms with Gasteiger partial charge in [0.25, 0.3) is 5.91 Å². The average Bonchev–Trinajstić information content (AvgIpc) is 3.12. The largest absolute Gasteiger partial charge is 0.486 e. The molecule has 2 heterocycles. The van der Waals surface area contributed by atoms with Gasteiger partial charge in [-0.2, -0.15) is 4.31 Å². The number of likely N-dealkylation sites (N-methyl/N-ethyl adjacent to an activating group) is 1. The van der Waals surface area contributed by atoms with Crippen molar-refractivity contribution in [3.63, 3.8) is 0 Å². The van der Waals surface area contributed by atoms with Gasteiger partial charge in [-0.3, -0.25) is 4.79 Å². The lowest BCUT2D eigenvalue weighted by Crippen LogP contribution is -2.48. The third-order valence-electron chi connectivity index (χ3n) is 6.08. The normalized spacial score (nSPS) is 18.9. The molecule has 2 atom stereocenters. The van der Waals surface area contributed by atoms with E-state index in [4.69, 9.17) is 10.5 Å². The molecule has 3 aromatic rings. The smallest absolute Gasteiger partial charge is 0.259 e. The number of halogens is 1. The van der Waals surface area contributed by atoms with Crippen LogP contribution in [-0.2, 0) is 10.0 Å². The summed E-state index contributed by atoms with van der Waals surface area (Å²) >= 11 is 1.18. The fourth-order valence-corrected chi connectivity index (χ4v) is 6.00. The quantitative estimate of drug-likeness (QED) is 0.500. The number of rotatable bonds is 7. The van der Waals surface area contributed by atoms with E-state index < -0.39 is 27.9 Å². The third-order valence-corrected chi connectivity index (χ3v) is 8.61. The molecule has 1 aliphatic rings. The number of fused-ring (bicyclic) bond motifs is 1. The molecule has 1 aromatic carbocycles. The number of hydrogen-bond donors (Lipinski definition) is 2. The maximum atomic E-state index is 14.2. The highest BCUT2D eigenvalue weighted by Crippen LogP contribution is 2.37. The van der Waals surface area contributed by atoms with Gasteiger partial charge in [0.1, 0.15) is 34.6 Å². The summed E-state index contributed by atoms with van der Waals surface area (Å²) in [4.78, 5) is 21.3. The summed E-state index contributed by atoms with van der Waals surface area (Å²) in [7, 11) is -1.88. The molecule has 0 bridgehead atoms. The number of nitrogens with two attached hydrogens (primary N) is 1. The number of nitrogens with one attached hydrogen (secondary N) is 1. The molecule has 0 radical (unpaired) electrons. The number of benzene rings is 1. The number of primary amides is 1. The van der Waals surface area contributed by atoms with Crippen molar-refractivity contribution in [3.8, 4) is 5.75 Å². The second-order valence-electron chi connectivity index (χ2n) is 8.38. The summed E-state index contributed by atoms with van der Waals surface area (Å²) in [5.41, 5.74) is 6.60. The maximum Gasteiger partial charge on any atom is 0.259 e. The van der Waals surface area contributed by atoms with Gasteiger partial charge in [-0.25, -0.2) is 22.8 Å². The second kappa shape index (κ2) is 9.43. The number of anilines is 2. The predicted molar refractivity (Wildman–Crippen MR) is 130 cm³/mol. The highest BCUT2D eigenvalue weighted by Gasteiger charge is 2.34. The van der Waals surface area contributed by atoms with Crippen LogP contribution >= 0.6 is 11.3 Å². The fraction of sp³-hybridized carbons (Fsp3) is 0.409. The van der Waals surface area contributed by atoms with E-state index in [1.54, 1.807) is 14.0 Å². The molecule has 9 nitrogen and oxygen atoms in total. The van der Waals surface area contributed by atoms with Crippen molar-refractivity contribution < 1.29 is 22.3 Å². The number of nitrogens with zero attached hydrogens (tertiary/aromatic N) is 3. The Bertz CT molecular complexity index is 1340. The minimum absolute atomic E-state index is 0.244. The van der Waals surface area contributed by atoms with Crippen molar-refractivity contribution in [2.45, 2.75) is 44.8 Å². The number of amides is 1. The van der Waals surface area contributed by atoms with Crippen LogP contribution in [0.2, 0.25) is 0 Å². The molecule has 1 fully saturated rings. The summed E-state index contributed by atoms with van der Waals surface area (Å²) in [5, 5.41) is 3.82. The molecule has 182 valence electrons. The molecular weight excluding hydrogens is 481 g/mol. The lowest BCUT2D eigenvalue weighted by molar-refractivity contribution is 0.0850. The van der Waals surface area contributed by atoms with Crippen LogP contribution in [0.25, 0.3) is 10.2 Å². The van der Waals surface area contributed by atoms with Gasteiger partial charge in [-0.15, -0.1) is 11.3 Å². The van der Waals surface area contributed by atoms with Gasteiger partial charge >= 0.3 is 0 Å². The van der Waals surface area contributed by atoms with Gasteiger partial charge in [-0.05, 0) is 43.9 Å². The minimum atomic E-state index is -3.42. The number of carbonyl (C=O) groups excluding carboxylic acids is 1. The molecule has 4 rings (SSSR count). The van der Waals surface area contributed by atoms with E-state index >= 15 is 0 Å². The molecule has 1 aliphatic carbocycles. The molecule has 12 heteroatoms. The fourth-order valence-electron chi connectivity index (χ4n) is 4.27. The molecular formula is C22H26FN5O4S2. The molecule has 0 saturated heterocycles. The molecule has 3 N–H and O–H groups in total. The first kappa shape index (κ1) is 24.3. The van der Waals surface area contributed by atoms with E-state index in [1.165, 1.54) is 40.2 Å². The second-order valence-corrected chi connectivity index (χ2v) is 11.4. The molecule has 0 spiro atoms. The zero-order chi connectivity index (χ0) is 24.6. The Labute approximate surface area is 201 Å². The predicted octanol–water partition coefficient (Wildman–Crippen LogP) is 3.56. The number of sulfonamides is 1. The first-order valence-corrected chi connectivity index (χ1v) is 13.4. The molecule has 1 unspecified atom stereocenters. The Hall–Kier alpha value is -2.83. The Morgan fingerprint density at radius 2 is 2.03 bits per heavy atom. The molecule has 0 aliphatic heterocycles. The van der Waals surface area contributed by atoms with E-state index in [0.717, 1.165) is 19.1 Å². The van der Waals surface area contributed by atoms with Crippen LogP contribution in [0.5, 0.6) is 5.75 Å². The van der Waals surface area contributed by atoms with E-state index in [9.17, 15) is 17.6 Å². The molecule has 2 aromatic heterocycles. The van der Waals surface area contributed by atoms with Crippen molar-refractivity contribution in [3.05, 3.63) is 40.8 Å². The van der Waals surface area contributed by atoms with Crippen LogP contribution in [0.15, 0.2) is 24.5 Å². The summed E-state index contributed by atoms with van der Waals surface area (Å²) in [6.07, 6.45) is 5.16. The van der Waals surface area contributed by atoms with Crippen molar-refractivity contribution in [2.24, 2.45) is 5.73 Å². The first-order chi connectivity index (χ1) is 16.1. The Morgan fingerprint density at radius 1 is 1.29 bits per heavy atom. The van der Waals surface area contributed by atoms with Gasteiger partial charge in [0, 0.05) is 13.1 Å². The van der Waals surface area contributed by atoms with Crippen LogP contribution in [0.3, 0.4) is 0 Å². The average molecular weight is 508 g/mol. The van der Waals surface area contributed by atoms with E-state index in [1.807, 2.05) is 0 Å². The number of aromatic nitrogens is 2. The van der Waals surface area contributed by atoms with Crippen molar-refractivity contribution in [2.75, 3.05) is 18.6 Å². The number of carbonyl (C=O) groups is 1. The van der Waals surface area contributed by atoms with Crippen molar-refractivity contribution in [1.82, 2.24) is 14.3 Å². The summed E-state index contributed by atoms with van der Waals surface area (Å²) < 4.78 is 46.1. The number of ether oxygens (including phenoxy) is 1. The molecule has 1 amide bonds. The SMILES string of the molecule is Cc1c(C(N)=O)sc2ncnc(Nc3ccc(F)cc3OC3CCCC[C@H]3N(C)S(C)(=O)=O)c12. The number of aryl methyl sites for hydroxylation is 1. The Balaban J connectivity index is 1.69. The maximum absolute atomic E-state index is 14.2.